The van der Waals surface area contributed by atoms with Gasteiger partial charge in [0.1, 0.15) is 11.9 Å². The minimum atomic E-state index is -1.06. The molecule has 1 aromatic rings. The highest BCUT2D eigenvalue weighted by atomic mass is 16.4. The number of hydrogen-bond acceptors (Lipinski definition) is 4. The summed E-state index contributed by atoms with van der Waals surface area (Å²) in [6.07, 6.45) is 1.47. The Hall–Kier alpha value is -3.36. The number of aliphatic carboxylic acids is 1. The molecule has 2 atom stereocenters. The molecule has 2 rings (SSSR count). The molecule has 1 fully saturated rings. The number of nitrogens with two attached hydrogens (primary N) is 1. The Labute approximate surface area is 150 Å². The Morgan fingerprint density at radius 3 is 2.62 bits per heavy atom. The van der Waals surface area contributed by atoms with Gasteiger partial charge >= 0.3 is 12.0 Å². The molecule has 1 aliphatic rings. The van der Waals surface area contributed by atoms with E-state index >= 15 is 0 Å². The third-order valence-corrected chi connectivity index (χ3v) is 4.00. The van der Waals surface area contributed by atoms with E-state index in [1.165, 1.54) is 11.0 Å². The van der Waals surface area contributed by atoms with E-state index in [1.807, 2.05) is 0 Å². The molecule has 1 unspecified atom stereocenters. The van der Waals surface area contributed by atoms with E-state index in [-0.39, 0.29) is 18.2 Å². The summed E-state index contributed by atoms with van der Waals surface area (Å²) in [6, 6.07) is 4.65. The predicted octanol–water partition coefficient (Wildman–Crippen LogP) is 0.404. The summed E-state index contributed by atoms with van der Waals surface area (Å²) in [5.74, 6) is -1.38. The molecule has 0 radical (unpaired) electrons. The lowest BCUT2D eigenvalue weighted by molar-refractivity contribution is -0.137. The topological polar surface area (TPSA) is 149 Å². The SMILES string of the molecule is C=C[C@H](CC(=O)O)NC(=O)NC1CCN(c2ccc(C(=N)N)cc2)C1=O. The second-order valence-electron chi connectivity index (χ2n) is 5.85. The van der Waals surface area contributed by atoms with Crippen molar-refractivity contribution in [2.75, 3.05) is 11.4 Å². The second-order valence-corrected chi connectivity index (χ2v) is 5.85. The van der Waals surface area contributed by atoms with Crippen molar-refractivity contribution in [2.45, 2.75) is 24.9 Å². The number of carbonyl (C=O) groups is 3. The lowest BCUT2D eigenvalue weighted by Crippen LogP contribution is -2.49. The molecule has 0 aliphatic carbocycles. The molecule has 9 nitrogen and oxygen atoms in total. The fourth-order valence-corrected chi connectivity index (χ4v) is 2.64. The molecule has 0 bridgehead atoms. The second kappa shape index (κ2) is 8.15. The molecular weight excluding hydrogens is 338 g/mol. The van der Waals surface area contributed by atoms with Crippen molar-refractivity contribution in [1.29, 1.82) is 5.41 Å². The number of benzene rings is 1. The van der Waals surface area contributed by atoms with Crippen LogP contribution in [0.2, 0.25) is 0 Å². The summed E-state index contributed by atoms with van der Waals surface area (Å²) in [5.41, 5.74) is 6.62. The molecule has 9 heteroatoms. The fraction of sp³-hybridized carbons (Fsp3) is 0.294. The summed E-state index contributed by atoms with van der Waals surface area (Å²) in [7, 11) is 0. The van der Waals surface area contributed by atoms with Gasteiger partial charge in [-0.05, 0) is 30.7 Å². The van der Waals surface area contributed by atoms with Crippen LogP contribution in [0.15, 0.2) is 36.9 Å². The van der Waals surface area contributed by atoms with Crippen molar-refractivity contribution < 1.29 is 19.5 Å². The maximum absolute atomic E-state index is 12.5. The maximum Gasteiger partial charge on any atom is 0.315 e. The summed E-state index contributed by atoms with van der Waals surface area (Å²) < 4.78 is 0. The number of urea groups is 1. The van der Waals surface area contributed by atoms with Crippen LogP contribution in [-0.4, -0.2) is 47.5 Å². The zero-order valence-electron chi connectivity index (χ0n) is 14.1. The number of amidine groups is 1. The number of carbonyl (C=O) groups excluding carboxylic acids is 2. The molecule has 1 heterocycles. The van der Waals surface area contributed by atoms with Crippen molar-refractivity contribution in [3.05, 3.63) is 42.5 Å². The Morgan fingerprint density at radius 2 is 2.08 bits per heavy atom. The first-order chi connectivity index (χ1) is 12.3. The smallest absolute Gasteiger partial charge is 0.315 e. The van der Waals surface area contributed by atoms with E-state index in [2.05, 4.69) is 17.2 Å². The largest absolute Gasteiger partial charge is 0.481 e. The van der Waals surface area contributed by atoms with Gasteiger partial charge in [-0.25, -0.2) is 4.79 Å². The maximum atomic E-state index is 12.5. The number of amides is 3. The first-order valence-electron chi connectivity index (χ1n) is 7.99. The Kier molecular flexibility index (Phi) is 5.94. The summed E-state index contributed by atoms with van der Waals surface area (Å²) in [6.45, 7) is 3.91. The number of rotatable bonds is 7. The van der Waals surface area contributed by atoms with Gasteiger partial charge in [-0.2, -0.15) is 0 Å². The molecule has 26 heavy (non-hydrogen) atoms. The Balaban J connectivity index is 1.95. The van der Waals surface area contributed by atoms with Gasteiger partial charge in [0.15, 0.2) is 0 Å². The van der Waals surface area contributed by atoms with Crippen LogP contribution in [0.1, 0.15) is 18.4 Å². The molecule has 0 saturated carbocycles. The average Bonchev–Trinajstić information content (AvgIpc) is 2.94. The van der Waals surface area contributed by atoms with E-state index in [0.717, 1.165) is 0 Å². The highest BCUT2D eigenvalue weighted by molar-refractivity contribution is 6.02. The number of nitrogen functional groups attached to an aromatic ring is 1. The normalized spacial score (nSPS) is 17.5. The summed E-state index contributed by atoms with van der Waals surface area (Å²) in [4.78, 5) is 36.7. The minimum Gasteiger partial charge on any atom is -0.481 e. The van der Waals surface area contributed by atoms with Crippen LogP contribution in [0.4, 0.5) is 10.5 Å². The van der Waals surface area contributed by atoms with Gasteiger partial charge in [-0.15, -0.1) is 6.58 Å². The van der Waals surface area contributed by atoms with Gasteiger partial charge in [0, 0.05) is 17.8 Å². The molecule has 1 aliphatic heterocycles. The Bertz CT molecular complexity index is 731. The van der Waals surface area contributed by atoms with Crippen molar-refractivity contribution in [3.63, 3.8) is 0 Å². The van der Waals surface area contributed by atoms with Crippen LogP contribution in [0.3, 0.4) is 0 Å². The molecule has 0 aromatic heterocycles. The quantitative estimate of drug-likeness (QED) is 0.271. The van der Waals surface area contributed by atoms with Crippen molar-refractivity contribution >= 4 is 29.4 Å². The minimum absolute atomic E-state index is 0.0568. The molecule has 0 spiro atoms. The van der Waals surface area contributed by atoms with Gasteiger partial charge in [0.2, 0.25) is 5.91 Å². The van der Waals surface area contributed by atoms with Crippen LogP contribution in [-0.2, 0) is 9.59 Å². The average molecular weight is 359 g/mol. The number of anilines is 1. The third kappa shape index (κ3) is 4.59. The predicted molar refractivity (Wildman–Crippen MR) is 96.1 cm³/mol. The van der Waals surface area contributed by atoms with Crippen LogP contribution < -0.4 is 21.3 Å². The van der Waals surface area contributed by atoms with Crippen LogP contribution in [0, 0.1) is 5.41 Å². The number of carboxylic acids is 1. The highest BCUT2D eigenvalue weighted by Crippen LogP contribution is 2.22. The van der Waals surface area contributed by atoms with Crippen molar-refractivity contribution in [3.8, 4) is 0 Å². The standard InChI is InChI=1S/C17H21N5O4/c1-2-11(9-14(23)24)20-17(26)21-13-7-8-22(16(13)25)12-5-3-10(4-6-12)15(18)19/h2-6,11,13H,1,7-9H2,(H3,18,19)(H,23,24)(H2,20,21,26)/t11-,13?/m1/s1. The molecule has 138 valence electrons. The number of hydrogen-bond donors (Lipinski definition) is 5. The van der Waals surface area contributed by atoms with Crippen LogP contribution >= 0.6 is 0 Å². The van der Waals surface area contributed by atoms with Gasteiger partial charge in [0.05, 0.1) is 12.5 Å². The number of carboxylic acid groups (broad SMARTS) is 1. The first-order valence-corrected chi connectivity index (χ1v) is 7.99. The zero-order chi connectivity index (χ0) is 19.3. The van der Waals surface area contributed by atoms with Crippen LogP contribution in [0.25, 0.3) is 0 Å². The number of nitrogens with one attached hydrogen (secondary N) is 3. The van der Waals surface area contributed by atoms with Crippen LogP contribution in [0.5, 0.6) is 0 Å². The molecular formula is C17H21N5O4. The van der Waals surface area contributed by atoms with E-state index in [1.54, 1.807) is 24.3 Å². The monoisotopic (exact) mass is 359 g/mol. The number of nitrogens with zero attached hydrogens (tertiary/aromatic N) is 1. The fourth-order valence-electron chi connectivity index (χ4n) is 2.64. The Morgan fingerprint density at radius 1 is 1.42 bits per heavy atom. The molecule has 1 saturated heterocycles. The van der Waals surface area contributed by atoms with Gasteiger partial charge < -0.3 is 26.4 Å². The van der Waals surface area contributed by atoms with E-state index in [0.29, 0.717) is 24.2 Å². The van der Waals surface area contributed by atoms with E-state index < -0.39 is 24.1 Å². The van der Waals surface area contributed by atoms with E-state index in [9.17, 15) is 14.4 Å². The van der Waals surface area contributed by atoms with Crippen molar-refractivity contribution in [2.24, 2.45) is 5.73 Å². The molecule has 3 amide bonds. The molecule has 1 aromatic carbocycles. The zero-order valence-corrected chi connectivity index (χ0v) is 14.1. The highest BCUT2D eigenvalue weighted by Gasteiger charge is 2.33. The first kappa shape index (κ1) is 19.0. The molecule has 6 N–H and O–H groups in total. The third-order valence-electron chi connectivity index (χ3n) is 4.00. The lowest BCUT2D eigenvalue weighted by atomic mass is 10.2. The summed E-state index contributed by atoms with van der Waals surface area (Å²) in [5, 5.41) is 21.2. The lowest BCUT2D eigenvalue weighted by Gasteiger charge is -2.19. The van der Waals surface area contributed by atoms with Gasteiger partial charge in [0.25, 0.3) is 0 Å². The van der Waals surface area contributed by atoms with Gasteiger partial charge in [-0.3, -0.25) is 15.0 Å². The van der Waals surface area contributed by atoms with E-state index in [4.69, 9.17) is 16.2 Å². The summed E-state index contributed by atoms with van der Waals surface area (Å²) >= 11 is 0. The van der Waals surface area contributed by atoms with Crippen molar-refractivity contribution in [1.82, 2.24) is 10.6 Å². The van der Waals surface area contributed by atoms with Gasteiger partial charge in [-0.1, -0.05) is 6.08 Å².